The molecule has 0 aliphatic heterocycles. The van der Waals surface area contributed by atoms with E-state index >= 15 is 0 Å². The molecule has 0 unspecified atom stereocenters. The van der Waals surface area contributed by atoms with Crippen LogP contribution in [0.3, 0.4) is 0 Å². The molecule has 0 aromatic carbocycles. The van der Waals surface area contributed by atoms with Gasteiger partial charge in [0, 0.05) is 20.1 Å². The normalized spacial score (nSPS) is 14.0. The van der Waals surface area contributed by atoms with Gasteiger partial charge in [0.05, 0.1) is 10.5 Å². The van der Waals surface area contributed by atoms with Gasteiger partial charge < -0.3 is 10.6 Å². The molecule has 0 aliphatic rings. The minimum Gasteiger partial charge on any atom is -0.356 e. The van der Waals surface area contributed by atoms with Crippen LogP contribution in [0, 0.1) is 5.41 Å². The molecular weight excluding hydrogens is 310 g/mol. The molecule has 0 spiro atoms. The number of aliphatic imine (C=N–C) groups is 1. The van der Waals surface area contributed by atoms with Crippen LogP contribution < -0.4 is 10.6 Å². The molecule has 0 amide bonds. The zero-order valence-electron chi connectivity index (χ0n) is 16.1. The Hall–Kier alpha value is -0.780. The lowest BCUT2D eigenvalue weighted by Crippen LogP contribution is -2.44. The average molecular weight is 348 g/mol. The molecule has 0 fully saturated rings. The highest BCUT2D eigenvalue weighted by Gasteiger charge is 2.28. The first-order valence-corrected chi connectivity index (χ1v) is 10.3. The maximum atomic E-state index is 12.1. The molecule has 0 bridgehead atoms. The first-order valence-electron chi connectivity index (χ1n) is 8.62. The zero-order valence-corrected chi connectivity index (χ0v) is 16.9. The maximum Gasteiger partial charge on any atom is 0.191 e. The smallest absolute Gasteiger partial charge is 0.191 e. The van der Waals surface area contributed by atoms with Crippen molar-refractivity contribution in [2.24, 2.45) is 10.4 Å². The highest BCUT2D eigenvalue weighted by atomic mass is 32.2. The summed E-state index contributed by atoms with van der Waals surface area (Å²) in [5.74, 6) is 0.773. The van der Waals surface area contributed by atoms with Crippen LogP contribution in [0.5, 0.6) is 0 Å². The molecule has 0 atom stereocenters. The monoisotopic (exact) mass is 347 g/mol. The van der Waals surface area contributed by atoms with Gasteiger partial charge in [0.25, 0.3) is 0 Å². The second-order valence-electron chi connectivity index (χ2n) is 7.91. The lowest BCUT2D eigenvalue weighted by atomic mass is 9.87. The number of hydrogen-bond donors (Lipinski definition) is 2. The Morgan fingerprint density at radius 2 is 1.65 bits per heavy atom. The summed E-state index contributed by atoms with van der Waals surface area (Å²) in [5.41, 5.74) is 0.199. The van der Waals surface area contributed by atoms with Crippen LogP contribution >= 0.6 is 0 Å². The molecule has 0 aliphatic carbocycles. The molecule has 0 aromatic rings. The molecular formula is C17H37N3O2S. The molecule has 23 heavy (non-hydrogen) atoms. The Bertz CT molecular complexity index is 463. The van der Waals surface area contributed by atoms with Gasteiger partial charge >= 0.3 is 0 Å². The quantitative estimate of drug-likeness (QED) is 0.382. The molecule has 0 aromatic heterocycles. The van der Waals surface area contributed by atoms with Crippen molar-refractivity contribution in [2.45, 2.75) is 72.0 Å². The fourth-order valence-corrected chi connectivity index (χ4v) is 3.08. The van der Waals surface area contributed by atoms with Crippen molar-refractivity contribution in [1.82, 2.24) is 10.6 Å². The van der Waals surface area contributed by atoms with Crippen molar-refractivity contribution < 1.29 is 8.42 Å². The van der Waals surface area contributed by atoms with Crippen molar-refractivity contribution in [3.8, 4) is 0 Å². The Kier molecular flexibility index (Phi) is 9.18. The number of hydrogen-bond acceptors (Lipinski definition) is 3. The van der Waals surface area contributed by atoms with Gasteiger partial charge in [-0.15, -0.1) is 0 Å². The maximum absolute atomic E-state index is 12.1. The molecule has 5 nitrogen and oxygen atoms in total. The van der Waals surface area contributed by atoms with Gasteiger partial charge in [-0.1, -0.05) is 40.0 Å². The third-order valence-electron chi connectivity index (χ3n) is 4.01. The van der Waals surface area contributed by atoms with E-state index in [-0.39, 0.29) is 11.2 Å². The highest BCUT2D eigenvalue weighted by Crippen LogP contribution is 2.22. The van der Waals surface area contributed by atoms with Crippen LogP contribution in [-0.2, 0) is 9.84 Å². The van der Waals surface area contributed by atoms with Crippen LogP contribution in [-0.4, -0.2) is 45.0 Å². The lowest BCUT2D eigenvalue weighted by molar-refractivity contribution is 0.318. The van der Waals surface area contributed by atoms with Gasteiger partial charge in [-0.25, -0.2) is 8.42 Å². The summed E-state index contributed by atoms with van der Waals surface area (Å²) in [4.78, 5) is 4.17. The van der Waals surface area contributed by atoms with Gasteiger partial charge in [-0.2, -0.15) is 0 Å². The second kappa shape index (κ2) is 9.50. The van der Waals surface area contributed by atoms with Crippen molar-refractivity contribution in [2.75, 3.05) is 25.9 Å². The predicted molar refractivity (Wildman–Crippen MR) is 101 cm³/mol. The van der Waals surface area contributed by atoms with Crippen molar-refractivity contribution in [3.63, 3.8) is 0 Å². The standard InChI is InChI=1S/C17H37N3O2S/c1-8-9-10-11-17(5,6)14-20-15(18-7)19-12-13-23(21,22)16(2,3)4/h8-14H2,1-7H3,(H2,18,19,20). The summed E-state index contributed by atoms with van der Waals surface area (Å²) in [7, 11) is -1.40. The molecule has 0 heterocycles. The van der Waals surface area contributed by atoms with Crippen molar-refractivity contribution >= 4 is 15.8 Å². The first kappa shape index (κ1) is 22.2. The van der Waals surface area contributed by atoms with Gasteiger partial charge in [-0.3, -0.25) is 4.99 Å². The molecule has 6 heteroatoms. The van der Waals surface area contributed by atoms with Crippen LogP contribution in [0.2, 0.25) is 0 Å². The van der Waals surface area contributed by atoms with Gasteiger partial charge in [-0.05, 0) is 32.6 Å². The lowest BCUT2D eigenvalue weighted by Gasteiger charge is -2.26. The summed E-state index contributed by atoms with van der Waals surface area (Å²) in [6, 6.07) is 0. The minimum absolute atomic E-state index is 0.108. The number of sulfone groups is 1. The van der Waals surface area contributed by atoms with E-state index in [0.717, 1.165) is 6.54 Å². The summed E-state index contributed by atoms with van der Waals surface area (Å²) in [6.45, 7) is 13.1. The summed E-state index contributed by atoms with van der Waals surface area (Å²) < 4.78 is 23.5. The fourth-order valence-electron chi connectivity index (χ4n) is 2.10. The van der Waals surface area contributed by atoms with E-state index in [1.165, 1.54) is 25.7 Å². The van der Waals surface area contributed by atoms with E-state index in [9.17, 15) is 8.42 Å². The van der Waals surface area contributed by atoms with Crippen LogP contribution in [0.25, 0.3) is 0 Å². The summed E-state index contributed by atoms with van der Waals surface area (Å²) >= 11 is 0. The molecule has 138 valence electrons. The Morgan fingerprint density at radius 1 is 1.04 bits per heavy atom. The third-order valence-corrected chi connectivity index (χ3v) is 6.62. The van der Waals surface area contributed by atoms with Crippen LogP contribution in [0.1, 0.15) is 67.2 Å². The van der Waals surface area contributed by atoms with Gasteiger partial charge in [0.15, 0.2) is 15.8 Å². The minimum atomic E-state index is -3.11. The SMILES string of the molecule is CCCCCC(C)(C)CNC(=NC)NCCS(=O)(=O)C(C)(C)C. The summed E-state index contributed by atoms with van der Waals surface area (Å²) in [5, 5.41) is 6.40. The average Bonchev–Trinajstić information content (AvgIpc) is 2.41. The van der Waals surface area contributed by atoms with E-state index in [4.69, 9.17) is 0 Å². The number of rotatable bonds is 9. The van der Waals surface area contributed by atoms with Gasteiger partial charge in [0.2, 0.25) is 0 Å². The van der Waals surface area contributed by atoms with Crippen molar-refractivity contribution in [3.05, 3.63) is 0 Å². The topological polar surface area (TPSA) is 70.6 Å². The van der Waals surface area contributed by atoms with E-state index in [1.54, 1.807) is 27.8 Å². The third kappa shape index (κ3) is 9.18. The van der Waals surface area contributed by atoms with Crippen molar-refractivity contribution in [1.29, 1.82) is 0 Å². The number of guanidine groups is 1. The molecule has 0 rings (SSSR count). The molecule has 0 radical (unpaired) electrons. The van der Waals surface area contributed by atoms with E-state index in [1.807, 2.05) is 0 Å². The Labute approximate surface area is 143 Å². The van der Waals surface area contributed by atoms with E-state index in [0.29, 0.717) is 12.5 Å². The zero-order chi connectivity index (χ0) is 18.1. The number of unbranched alkanes of at least 4 members (excludes halogenated alkanes) is 2. The number of nitrogens with zero attached hydrogens (tertiary/aromatic N) is 1. The Morgan fingerprint density at radius 3 is 2.13 bits per heavy atom. The Balaban J connectivity index is 4.28. The van der Waals surface area contributed by atoms with Crippen LogP contribution in [0.15, 0.2) is 4.99 Å². The fraction of sp³-hybridized carbons (Fsp3) is 0.941. The van der Waals surface area contributed by atoms with E-state index in [2.05, 4.69) is 36.4 Å². The predicted octanol–water partition coefficient (Wildman–Crippen LogP) is 2.97. The molecule has 0 saturated carbocycles. The number of nitrogens with one attached hydrogen (secondary N) is 2. The summed E-state index contributed by atoms with van der Waals surface area (Å²) in [6.07, 6.45) is 4.90. The van der Waals surface area contributed by atoms with Crippen LogP contribution in [0.4, 0.5) is 0 Å². The van der Waals surface area contributed by atoms with E-state index < -0.39 is 14.6 Å². The highest BCUT2D eigenvalue weighted by molar-refractivity contribution is 7.92. The molecule has 0 saturated heterocycles. The first-order chi connectivity index (χ1) is 10.4. The largest absolute Gasteiger partial charge is 0.356 e. The molecule has 2 N–H and O–H groups in total. The van der Waals surface area contributed by atoms with Gasteiger partial charge in [0.1, 0.15) is 0 Å². The second-order valence-corrected chi connectivity index (χ2v) is 10.8.